The number of hydrogen-bond donors (Lipinski definition) is 1. The molecule has 2 rings (SSSR count). The molecule has 1 aliphatic heterocycles. The zero-order valence-corrected chi connectivity index (χ0v) is 14.3. The minimum atomic E-state index is -0.413. The van der Waals surface area contributed by atoms with Gasteiger partial charge in [-0.2, -0.15) is 0 Å². The predicted octanol–water partition coefficient (Wildman–Crippen LogP) is 1.74. The number of aromatic nitrogens is 2. The Morgan fingerprint density at radius 3 is 3.05 bits per heavy atom. The lowest BCUT2D eigenvalue weighted by molar-refractivity contribution is 0.00796. The molecule has 0 aromatic carbocycles. The highest BCUT2D eigenvalue weighted by molar-refractivity contribution is 14.1. The Morgan fingerprint density at radius 2 is 2.35 bits per heavy atom. The molecule has 0 bridgehead atoms. The minimum absolute atomic E-state index is 0.115. The number of nitrogens with one attached hydrogen (secondary N) is 1. The zero-order chi connectivity index (χ0) is 14.7. The molecule has 0 spiro atoms. The van der Waals surface area contributed by atoms with Crippen molar-refractivity contribution < 1.29 is 8.92 Å². The van der Waals surface area contributed by atoms with Gasteiger partial charge in [0.25, 0.3) is 5.56 Å². The van der Waals surface area contributed by atoms with E-state index in [4.69, 9.17) is 8.92 Å². The summed E-state index contributed by atoms with van der Waals surface area (Å²) in [4.78, 5) is 25.5. The van der Waals surface area contributed by atoms with Gasteiger partial charge >= 0.3 is 9.54 Å². The zero-order valence-electron chi connectivity index (χ0n) is 11.3. The van der Waals surface area contributed by atoms with Crippen LogP contribution >= 0.6 is 34.3 Å². The van der Waals surface area contributed by atoms with Gasteiger partial charge in [-0.15, -0.1) is 22.4 Å². The molecule has 0 amide bonds. The first-order valence-corrected chi connectivity index (χ1v) is 8.37. The molecule has 110 valence electrons. The van der Waals surface area contributed by atoms with E-state index in [1.165, 1.54) is 16.5 Å². The summed E-state index contributed by atoms with van der Waals surface area (Å²) in [7, 11) is 1.65. The van der Waals surface area contributed by atoms with Gasteiger partial charge in [0.15, 0.2) is 0 Å². The average Bonchev–Trinajstić information content (AvgIpc) is 2.82. The number of ether oxygens (including phenoxy) is 1. The van der Waals surface area contributed by atoms with Crippen LogP contribution in [0.25, 0.3) is 0 Å². The van der Waals surface area contributed by atoms with Gasteiger partial charge in [0, 0.05) is 18.9 Å². The third-order valence-electron chi connectivity index (χ3n) is 3.19. The van der Waals surface area contributed by atoms with Gasteiger partial charge in [-0.05, 0) is 26.1 Å². The van der Waals surface area contributed by atoms with E-state index in [9.17, 15) is 9.59 Å². The Labute approximate surface area is 134 Å². The van der Waals surface area contributed by atoms with Gasteiger partial charge in [0.05, 0.1) is 6.10 Å². The molecule has 1 saturated heterocycles. The van der Waals surface area contributed by atoms with Crippen LogP contribution in [0, 0.1) is 6.92 Å². The molecule has 2 atom stereocenters. The van der Waals surface area contributed by atoms with E-state index >= 15 is 0 Å². The van der Waals surface area contributed by atoms with E-state index < -0.39 is 5.69 Å². The summed E-state index contributed by atoms with van der Waals surface area (Å²) in [5.41, 5.74) is -0.244. The molecule has 9 heteroatoms. The quantitative estimate of drug-likeness (QED) is 0.455. The maximum Gasteiger partial charge on any atom is 0.330 e. The molecule has 1 fully saturated rings. The Balaban J connectivity index is 2.04. The summed E-state index contributed by atoms with van der Waals surface area (Å²) in [6, 6.07) is 0. The first-order valence-electron chi connectivity index (χ1n) is 6.32. The molecule has 0 radical (unpaired) electrons. The summed E-state index contributed by atoms with van der Waals surface area (Å²) >= 11 is 3.72. The highest BCUT2D eigenvalue weighted by atomic mass is 127. The molecule has 2 unspecified atom stereocenters. The SMILES string of the molecule is COSB(I)CC1CCC(n2cc(C)c(=O)[nH]c2=O)O1. The lowest BCUT2D eigenvalue weighted by atomic mass is 9.96. The van der Waals surface area contributed by atoms with Gasteiger partial charge in [0.1, 0.15) is 6.23 Å². The largest absolute Gasteiger partial charge is 0.355 e. The number of aryl methyl sites for hydroxylation is 1. The molecular formula is C11H16BIN2O4S. The molecule has 6 nitrogen and oxygen atoms in total. The standard InChI is InChI=1S/C11H16BIN2O4S/c1-7-6-15(11(17)14-10(7)16)9-4-3-8(19-9)5-12(13)20-18-2/h6,8-9H,3-5H2,1-2H3,(H,14,16,17). The van der Waals surface area contributed by atoms with Crippen molar-refractivity contribution in [2.24, 2.45) is 0 Å². The highest BCUT2D eigenvalue weighted by Gasteiger charge is 2.30. The van der Waals surface area contributed by atoms with Crippen LogP contribution in [-0.2, 0) is 8.92 Å². The van der Waals surface area contributed by atoms with E-state index in [2.05, 4.69) is 27.4 Å². The monoisotopic (exact) mass is 410 g/mol. The van der Waals surface area contributed by atoms with Crippen LogP contribution in [0.1, 0.15) is 24.6 Å². The number of nitrogens with zero attached hydrogens (tertiary/aromatic N) is 1. The molecule has 1 N–H and O–H groups in total. The van der Waals surface area contributed by atoms with Crippen molar-refractivity contribution in [1.82, 2.24) is 9.55 Å². The van der Waals surface area contributed by atoms with Crippen LogP contribution in [0.2, 0.25) is 6.32 Å². The maximum atomic E-state index is 11.8. The van der Waals surface area contributed by atoms with E-state index in [0.717, 1.165) is 19.2 Å². The molecule has 1 aliphatic rings. The van der Waals surface area contributed by atoms with Crippen LogP contribution in [0.15, 0.2) is 15.8 Å². The molecule has 0 saturated carbocycles. The van der Waals surface area contributed by atoms with Crippen LogP contribution in [0.3, 0.4) is 0 Å². The molecule has 1 aromatic heterocycles. The number of H-pyrrole nitrogens is 1. The average molecular weight is 410 g/mol. The van der Waals surface area contributed by atoms with E-state index in [1.54, 1.807) is 20.2 Å². The van der Waals surface area contributed by atoms with E-state index in [1.807, 2.05) is 0 Å². The maximum absolute atomic E-state index is 11.8. The van der Waals surface area contributed by atoms with Gasteiger partial charge in [-0.1, -0.05) is 11.9 Å². The summed E-state index contributed by atoms with van der Waals surface area (Å²) < 4.78 is 12.7. The second-order valence-electron chi connectivity index (χ2n) is 4.68. The third-order valence-corrected chi connectivity index (χ3v) is 4.92. The minimum Gasteiger partial charge on any atom is -0.355 e. The molecule has 2 heterocycles. The molecule has 0 aliphatic carbocycles. The lowest BCUT2D eigenvalue weighted by Gasteiger charge is -2.16. The van der Waals surface area contributed by atoms with Crippen LogP contribution < -0.4 is 11.2 Å². The summed E-state index contributed by atoms with van der Waals surface area (Å²) in [5.74, 6) is 0. The van der Waals surface area contributed by atoms with Gasteiger partial charge in [-0.3, -0.25) is 14.3 Å². The Morgan fingerprint density at radius 1 is 1.60 bits per heavy atom. The first-order chi connectivity index (χ1) is 9.51. The van der Waals surface area contributed by atoms with Crippen molar-refractivity contribution in [3.8, 4) is 0 Å². The van der Waals surface area contributed by atoms with E-state index in [0.29, 0.717) is 9.41 Å². The second kappa shape index (κ2) is 7.14. The van der Waals surface area contributed by atoms with Crippen molar-refractivity contribution >= 4 is 38.1 Å². The smallest absolute Gasteiger partial charge is 0.330 e. The number of aromatic amines is 1. The fourth-order valence-electron chi connectivity index (χ4n) is 2.22. The highest BCUT2D eigenvalue weighted by Crippen LogP contribution is 2.32. The fraction of sp³-hybridized carbons (Fsp3) is 0.636. The van der Waals surface area contributed by atoms with Crippen LogP contribution in [0.5, 0.6) is 0 Å². The fourth-order valence-corrected chi connectivity index (χ4v) is 3.91. The van der Waals surface area contributed by atoms with Crippen LogP contribution in [0.4, 0.5) is 0 Å². The molecule has 20 heavy (non-hydrogen) atoms. The summed E-state index contributed by atoms with van der Waals surface area (Å²) in [5, 5.41) is 0. The van der Waals surface area contributed by atoms with Crippen molar-refractivity contribution in [1.29, 1.82) is 0 Å². The first kappa shape index (κ1) is 16.1. The number of rotatable bonds is 5. The third kappa shape index (κ3) is 3.89. The second-order valence-corrected chi connectivity index (χ2v) is 8.12. The summed E-state index contributed by atoms with van der Waals surface area (Å²) in [6.45, 7) is 1.68. The Hall–Kier alpha value is -0.255. The predicted molar refractivity (Wildman–Crippen MR) is 88.4 cm³/mol. The van der Waals surface area contributed by atoms with Crippen molar-refractivity contribution in [2.45, 2.75) is 38.4 Å². The van der Waals surface area contributed by atoms with Crippen molar-refractivity contribution in [3.63, 3.8) is 0 Å². The topological polar surface area (TPSA) is 73.3 Å². The van der Waals surface area contributed by atoms with Gasteiger partial charge in [0.2, 0.25) is 0 Å². The van der Waals surface area contributed by atoms with Gasteiger partial charge in [-0.25, -0.2) is 4.79 Å². The van der Waals surface area contributed by atoms with Crippen molar-refractivity contribution in [3.05, 3.63) is 32.6 Å². The Kier molecular flexibility index (Phi) is 5.76. The number of hydrogen-bond acceptors (Lipinski definition) is 5. The normalized spacial score (nSPS) is 22.1. The Bertz CT molecular complexity index is 578. The summed E-state index contributed by atoms with van der Waals surface area (Å²) in [6.07, 6.45) is 3.94. The molecule has 1 aromatic rings. The number of halogens is 1. The van der Waals surface area contributed by atoms with Crippen molar-refractivity contribution in [2.75, 3.05) is 7.11 Å². The van der Waals surface area contributed by atoms with E-state index in [-0.39, 0.29) is 17.9 Å². The van der Waals surface area contributed by atoms with Gasteiger partial charge < -0.3 is 8.92 Å². The molecular weight excluding hydrogens is 394 g/mol. The lowest BCUT2D eigenvalue weighted by Crippen LogP contribution is -2.33. The van der Waals surface area contributed by atoms with Crippen LogP contribution in [-0.4, -0.2) is 26.6 Å².